The van der Waals surface area contributed by atoms with Crippen molar-refractivity contribution in [2.75, 3.05) is 13.1 Å². The van der Waals surface area contributed by atoms with Crippen LogP contribution in [0.2, 0.25) is 0 Å². The molecule has 3 aromatic carbocycles. The summed E-state index contributed by atoms with van der Waals surface area (Å²) in [7, 11) is 0. The van der Waals surface area contributed by atoms with Crippen LogP contribution in [0, 0.1) is 0 Å². The molecule has 0 spiro atoms. The van der Waals surface area contributed by atoms with Crippen molar-refractivity contribution in [1.29, 1.82) is 0 Å². The molecule has 32 heavy (non-hydrogen) atoms. The second-order valence-corrected chi connectivity index (χ2v) is 7.65. The zero-order valence-corrected chi connectivity index (χ0v) is 17.2. The molecule has 3 aromatic rings. The topological polar surface area (TPSA) is 38.8 Å². The normalized spacial score (nSPS) is 15.8. The van der Waals surface area contributed by atoms with Gasteiger partial charge in [-0.05, 0) is 42.0 Å². The molecular formula is C25H22F3NO3. The molecule has 4 nitrogen and oxygen atoms in total. The van der Waals surface area contributed by atoms with E-state index in [4.69, 9.17) is 9.47 Å². The Balaban J connectivity index is 1.51. The van der Waals surface area contributed by atoms with E-state index in [2.05, 4.69) is 0 Å². The number of benzene rings is 3. The van der Waals surface area contributed by atoms with Crippen molar-refractivity contribution in [1.82, 2.24) is 4.90 Å². The van der Waals surface area contributed by atoms with Crippen LogP contribution in [0.1, 0.15) is 24.0 Å². The van der Waals surface area contributed by atoms with Gasteiger partial charge in [0.05, 0.1) is 5.56 Å². The van der Waals surface area contributed by atoms with Gasteiger partial charge in [-0.1, -0.05) is 48.5 Å². The van der Waals surface area contributed by atoms with Gasteiger partial charge in [0.1, 0.15) is 17.1 Å². The first-order chi connectivity index (χ1) is 15.4. The van der Waals surface area contributed by atoms with Crippen molar-refractivity contribution < 1.29 is 27.4 Å². The van der Waals surface area contributed by atoms with Gasteiger partial charge in [0.15, 0.2) is 0 Å². The number of amides is 1. The molecule has 0 aliphatic carbocycles. The average molecular weight is 441 g/mol. The number of halogens is 3. The van der Waals surface area contributed by atoms with Crippen molar-refractivity contribution >= 4 is 6.09 Å². The Morgan fingerprint density at radius 3 is 1.91 bits per heavy atom. The fraction of sp³-hybridized carbons (Fsp3) is 0.240. The van der Waals surface area contributed by atoms with Crippen molar-refractivity contribution in [3.05, 3.63) is 96.1 Å². The third-order valence-electron chi connectivity index (χ3n) is 5.57. The Labute approximate surface area is 184 Å². The van der Waals surface area contributed by atoms with Gasteiger partial charge in [0.25, 0.3) is 0 Å². The van der Waals surface area contributed by atoms with Crippen LogP contribution in [-0.2, 0) is 11.8 Å². The summed E-state index contributed by atoms with van der Waals surface area (Å²) < 4.78 is 50.4. The van der Waals surface area contributed by atoms with Gasteiger partial charge >= 0.3 is 12.3 Å². The lowest BCUT2D eigenvalue weighted by molar-refractivity contribution is -0.137. The number of piperidine rings is 1. The Morgan fingerprint density at radius 1 is 0.781 bits per heavy atom. The minimum absolute atomic E-state index is 0.349. The maximum absolute atomic E-state index is 12.9. The predicted octanol–water partition coefficient (Wildman–Crippen LogP) is 6.27. The summed E-state index contributed by atoms with van der Waals surface area (Å²) in [6.07, 6.45) is -3.89. The molecule has 7 heteroatoms. The van der Waals surface area contributed by atoms with Crippen molar-refractivity contribution in [2.45, 2.75) is 24.6 Å². The SMILES string of the molecule is O=C(Oc1ccccc1)N1CCC(Oc2ccc(C(F)(F)F)cc2)(c2ccccc2)CC1. The number of carbonyl (C=O) groups excluding carboxylic acids is 1. The standard InChI is InChI=1S/C25H22F3NO3/c26-25(27,28)20-11-13-22(14-12-20)32-24(19-7-3-1-4-8-19)15-17-29(18-16-24)23(30)31-21-9-5-2-6-10-21/h1-14H,15-18H2. The Morgan fingerprint density at radius 2 is 1.34 bits per heavy atom. The lowest BCUT2D eigenvalue weighted by atomic mass is 9.84. The minimum atomic E-state index is -4.40. The zero-order chi connectivity index (χ0) is 22.6. The maximum atomic E-state index is 12.9. The highest BCUT2D eigenvalue weighted by Crippen LogP contribution is 2.39. The van der Waals surface area contributed by atoms with E-state index >= 15 is 0 Å². The third kappa shape index (κ3) is 4.88. The lowest BCUT2D eigenvalue weighted by Gasteiger charge is -2.41. The van der Waals surface area contributed by atoms with Crippen LogP contribution in [-0.4, -0.2) is 24.1 Å². The molecule has 0 unspecified atom stereocenters. The third-order valence-corrected chi connectivity index (χ3v) is 5.57. The number of rotatable bonds is 4. The molecule has 0 bridgehead atoms. The lowest BCUT2D eigenvalue weighted by Crippen LogP contribution is -2.48. The van der Waals surface area contributed by atoms with E-state index in [1.807, 2.05) is 36.4 Å². The second kappa shape index (κ2) is 8.94. The highest BCUT2D eigenvalue weighted by molar-refractivity contribution is 5.70. The van der Waals surface area contributed by atoms with Crippen LogP contribution < -0.4 is 9.47 Å². The summed E-state index contributed by atoms with van der Waals surface area (Å²) in [5, 5.41) is 0. The highest BCUT2D eigenvalue weighted by Gasteiger charge is 2.40. The number of hydrogen-bond donors (Lipinski definition) is 0. The molecule has 0 atom stereocenters. The summed E-state index contributed by atoms with van der Waals surface area (Å²) >= 11 is 0. The average Bonchev–Trinajstić information content (AvgIpc) is 2.80. The highest BCUT2D eigenvalue weighted by atomic mass is 19.4. The number of alkyl halides is 3. The van der Waals surface area contributed by atoms with Crippen LogP contribution in [0.25, 0.3) is 0 Å². The van der Waals surface area contributed by atoms with E-state index in [1.54, 1.807) is 29.2 Å². The monoisotopic (exact) mass is 441 g/mol. The molecule has 0 radical (unpaired) electrons. The number of ether oxygens (including phenoxy) is 2. The van der Waals surface area contributed by atoms with E-state index in [0.29, 0.717) is 37.4 Å². The fourth-order valence-corrected chi connectivity index (χ4v) is 3.83. The van der Waals surface area contributed by atoms with Crippen molar-refractivity contribution in [3.63, 3.8) is 0 Å². The predicted molar refractivity (Wildman–Crippen MR) is 113 cm³/mol. The van der Waals surface area contributed by atoms with E-state index < -0.39 is 23.4 Å². The maximum Gasteiger partial charge on any atom is 0.416 e. The summed E-state index contributed by atoms with van der Waals surface area (Å²) in [4.78, 5) is 14.2. The molecule has 1 heterocycles. The van der Waals surface area contributed by atoms with Crippen molar-refractivity contribution in [3.8, 4) is 11.5 Å². The van der Waals surface area contributed by atoms with E-state index in [0.717, 1.165) is 17.7 Å². The number of nitrogens with zero attached hydrogens (tertiary/aromatic N) is 1. The van der Waals surface area contributed by atoms with E-state index in [-0.39, 0.29) is 0 Å². The summed E-state index contributed by atoms with van der Waals surface area (Å²) in [5.41, 5.74) is -0.571. The molecule has 4 rings (SSSR count). The molecule has 166 valence electrons. The largest absolute Gasteiger partial charge is 0.482 e. The second-order valence-electron chi connectivity index (χ2n) is 7.65. The van der Waals surface area contributed by atoms with Crippen molar-refractivity contribution in [2.24, 2.45) is 0 Å². The first kappa shape index (κ1) is 21.7. The molecule has 1 aliphatic heterocycles. The fourth-order valence-electron chi connectivity index (χ4n) is 3.83. The van der Waals surface area contributed by atoms with Gasteiger partial charge in [0, 0.05) is 25.9 Å². The van der Waals surface area contributed by atoms with Gasteiger partial charge in [-0.15, -0.1) is 0 Å². The molecule has 0 saturated carbocycles. The smallest absolute Gasteiger partial charge is 0.416 e. The van der Waals surface area contributed by atoms with Gasteiger partial charge in [-0.3, -0.25) is 0 Å². The van der Waals surface area contributed by atoms with Crippen LogP contribution in [0.4, 0.5) is 18.0 Å². The molecular weight excluding hydrogens is 419 g/mol. The van der Waals surface area contributed by atoms with Crippen LogP contribution >= 0.6 is 0 Å². The van der Waals surface area contributed by atoms with Crippen LogP contribution in [0.5, 0.6) is 11.5 Å². The van der Waals surface area contributed by atoms with Crippen LogP contribution in [0.15, 0.2) is 84.9 Å². The molecule has 0 N–H and O–H groups in total. The summed E-state index contributed by atoms with van der Waals surface area (Å²) in [5.74, 6) is 0.820. The number of para-hydroxylation sites is 1. The van der Waals surface area contributed by atoms with Crippen LogP contribution in [0.3, 0.4) is 0 Å². The Kier molecular flexibility index (Phi) is 6.08. The first-order valence-corrected chi connectivity index (χ1v) is 10.3. The quantitative estimate of drug-likeness (QED) is 0.479. The van der Waals surface area contributed by atoms with Gasteiger partial charge in [-0.2, -0.15) is 13.2 Å². The minimum Gasteiger partial charge on any atom is -0.482 e. The van der Waals surface area contributed by atoms with E-state index in [1.165, 1.54) is 12.1 Å². The molecule has 1 amide bonds. The van der Waals surface area contributed by atoms with Gasteiger partial charge in [0.2, 0.25) is 0 Å². The zero-order valence-electron chi connectivity index (χ0n) is 17.2. The van der Waals surface area contributed by atoms with Gasteiger partial charge in [-0.25, -0.2) is 4.79 Å². The number of hydrogen-bond acceptors (Lipinski definition) is 3. The Hall–Kier alpha value is -3.48. The summed E-state index contributed by atoms with van der Waals surface area (Å²) in [6, 6.07) is 23.1. The molecule has 1 aliphatic rings. The van der Waals surface area contributed by atoms with Gasteiger partial charge < -0.3 is 14.4 Å². The van der Waals surface area contributed by atoms with E-state index in [9.17, 15) is 18.0 Å². The summed E-state index contributed by atoms with van der Waals surface area (Å²) in [6.45, 7) is 0.780. The number of likely N-dealkylation sites (tertiary alicyclic amines) is 1. The number of carbonyl (C=O) groups is 1. The Bertz CT molecular complexity index is 1030. The molecule has 1 fully saturated rings. The molecule has 1 saturated heterocycles. The first-order valence-electron chi connectivity index (χ1n) is 10.3. The molecule has 0 aromatic heterocycles.